The van der Waals surface area contributed by atoms with Crippen LogP contribution in [0.2, 0.25) is 0 Å². The molecule has 0 spiro atoms. The lowest BCUT2D eigenvalue weighted by Crippen LogP contribution is -2.41. The topological polar surface area (TPSA) is 66.2 Å². The van der Waals surface area contributed by atoms with Crippen molar-refractivity contribution < 1.29 is 22.7 Å². The second-order valence-corrected chi connectivity index (χ2v) is 9.13. The van der Waals surface area contributed by atoms with Crippen LogP contribution in [0.5, 0.6) is 0 Å². The molecule has 9 heteroatoms. The smallest absolute Gasteiger partial charge is 0.253 e. The lowest BCUT2D eigenvalue weighted by Gasteiger charge is -2.32. The monoisotopic (exact) mass is 485 g/mol. The minimum Gasteiger partial charge on any atom is -0.440 e. The highest BCUT2D eigenvalue weighted by Crippen LogP contribution is 2.33. The fourth-order valence-electron chi connectivity index (χ4n) is 4.31. The van der Waals surface area contributed by atoms with Gasteiger partial charge in [0.15, 0.2) is 11.3 Å². The summed E-state index contributed by atoms with van der Waals surface area (Å²) in [6, 6.07) is 7.42. The number of rotatable bonds is 5. The van der Waals surface area contributed by atoms with Crippen molar-refractivity contribution in [3.63, 3.8) is 0 Å². The van der Waals surface area contributed by atoms with E-state index in [0.717, 1.165) is 6.07 Å². The van der Waals surface area contributed by atoms with Gasteiger partial charge in [0.2, 0.25) is 0 Å². The van der Waals surface area contributed by atoms with Gasteiger partial charge in [-0.25, -0.2) is 8.78 Å². The van der Waals surface area contributed by atoms with Gasteiger partial charge in [-0.1, -0.05) is 0 Å². The van der Waals surface area contributed by atoms with Crippen molar-refractivity contribution in [2.45, 2.75) is 26.0 Å². The molecule has 1 amide bonds. The van der Waals surface area contributed by atoms with E-state index in [1.807, 2.05) is 18.7 Å². The maximum Gasteiger partial charge on any atom is 0.253 e. The minimum atomic E-state index is -0.698. The third kappa shape index (κ3) is 5.00. The molecule has 3 aromatic rings. The van der Waals surface area contributed by atoms with Gasteiger partial charge in [-0.05, 0) is 38.1 Å². The van der Waals surface area contributed by atoms with E-state index in [0.29, 0.717) is 48.0 Å². The predicted octanol–water partition coefficient (Wildman–Crippen LogP) is 4.20. The molecule has 2 atom stereocenters. The molecule has 1 fully saturated rings. The van der Waals surface area contributed by atoms with E-state index in [1.165, 1.54) is 29.2 Å². The summed E-state index contributed by atoms with van der Waals surface area (Å²) in [5.41, 5.74) is 1.25. The van der Waals surface area contributed by atoms with Crippen molar-refractivity contribution >= 4 is 28.4 Å². The fraction of sp³-hybridized carbons (Fsp3) is 0.385. The zero-order valence-electron chi connectivity index (χ0n) is 20.5. The first kappa shape index (κ1) is 24.7. The summed E-state index contributed by atoms with van der Waals surface area (Å²) in [6.45, 7) is 5.43. The number of nitrogens with zero attached hydrogens (tertiary/aromatic N) is 3. The molecular weight excluding hydrogens is 456 g/mol. The third-order valence-corrected chi connectivity index (χ3v) is 6.34. The Hall–Kier alpha value is -3.46. The molecule has 1 aliphatic heterocycles. The Balaban J connectivity index is 1.89. The van der Waals surface area contributed by atoms with Gasteiger partial charge >= 0.3 is 0 Å². The number of hydrogen-bond acceptors (Lipinski definition) is 6. The van der Waals surface area contributed by atoms with E-state index < -0.39 is 17.7 Å². The second kappa shape index (κ2) is 9.65. The lowest BCUT2D eigenvalue weighted by molar-refractivity contribution is 0.0517. The fourth-order valence-corrected chi connectivity index (χ4v) is 4.31. The number of anilines is 2. The molecule has 35 heavy (non-hydrogen) atoms. The zero-order chi connectivity index (χ0) is 25.4. The van der Waals surface area contributed by atoms with Gasteiger partial charge < -0.3 is 23.9 Å². The molecule has 2 heterocycles. The van der Waals surface area contributed by atoms with Gasteiger partial charge in [-0.2, -0.15) is 0 Å². The maximum absolute atomic E-state index is 13.9. The first-order chi connectivity index (χ1) is 16.5. The van der Waals surface area contributed by atoms with Crippen LogP contribution in [0.25, 0.3) is 11.0 Å². The standard InChI is InChI=1S/C26H29F2N3O4/c1-15-14-31(6-7-34-15)24-13-23(32)22-9-17(26(33)29(3)4)8-21(25(22)35-24)16(2)30(5)20-11-18(27)10-19(28)12-20/h8-13,15-16H,6-7,14H2,1-5H3/t15?,16-/m0/s1. The quantitative estimate of drug-likeness (QED) is 0.540. The molecule has 1 aromatic heterocycles. The second-order valence-electron chi connectivity index (χ2n) is 9.13. The van der Waals surface area contributed by atoms with Crippen molar-refractivity contribution in [3.8, 4) is 0 Å². The van der Waals surface area contributed by atoms with E-state index >= 15 is 0 Å². The summed E-state index contributed by atoms with van der Waals surface area (Å²) in [5, 5.41) is 0.267. The average molecular weight is 486 g/mol. The Morgan fingerprint density at radius 1 is 1.09 bits per heavy atom. The molecule has 1 aliphatic rings. The van der Waals surface area contributed by atoms with Crippen LogP contribution >= 0.6 is 0 Å². The highest BCUT2D eigenvalue weighted by molar-refractivity contribution is 5.98. The number of halogens is 2. The lowest BCUT2D eigenvalue weighted by atomic mass is 9.99. The van der Waals surface area contributed by atoms with Gasteiger partial charge in [-0.15, -0.1) is 0 Å². The van der Waals surface area contributed by atoms with Gasteiger partial charge in [0.25, 0.3) is 5.91 Å². The van der Waals surface area contributed by atoms with E-state index in [-0.39, 0.29) is 22.8 Å². The zero-order valence-corrected chi connectivity index (χ0v) is 20.5. The largest absolute Gasteiger partial charge is 0.440 e. The normalized spacial score (nSPS) is 16.9. The van der Waals surface area contributed by atoms with Gasteiger partial charge in [-0.3, -0.25) is 9.59 Å². The highest BCUT2D eigenvalue weighted by Gasteiger charge is 2.25. The molecular formula is C26H29F2N3O4. The Labute approximate surface area is 202 Å². The Bertz CT molecular complexity index is 1300. The molecule has 7 nitrogen and oxygen atoms in total. The third-order valence-electron chi connectivity index (χ3n) is 6.34. The van der Waals surface area contributed by atoms with Crippen LogP contribution in [0.15, 0.2) is 45.6 Å². The molecule has 1 saturated heterocycles. The highest BCUT2D eigenvalue weighted by atomic mass is 19.1. The van der Waals surface area contributed by atoms with Crippen LogP contribution in [0.1, 0.15) is 35.8 Å². The summed E-state index contributed by atoms with van der Waals surface area (Å²) in [6.07, 6.45) is -0.0164. The molecule has 0 aliphatic carbocycles. The van der Waals surface area contributed by atoms with E-state index in [1.54, 1.807) is 32.1 Å². The number of hydrogen-bond donors (Lipinski definition) is 0. The number of amides is 1. The number of ether oxygens (including phenoxy) is 1. The predicted molar refractivity (Wildman–Crippen MR) is 131 cm³/mol. The summed E-state index contributed by atoms with van der Waals surface area (Å²) < 4.78 is 39.7. The number of morpholine rings is 1. The van der Waals surface area contributed by atoms with E-state index in [9.17, 15) is 18.4 Å². The molecule has 0 radical (unpaired) electrons. The van der Waals surface area contributed by atoms with Gasteiger partial charge in [0, 0.05) is 63.2 Å². The van der Waals surface area contributed by atoms with Crippen molar-refractivity contribution in [1.29, 1.82) is 0 Å². The molecule has 4 rings (SSSR count). The number of fused-ring (bicyclic) bond motifs is 1. The maximum atomic E-state index is 13.9. The van der Waals surface area contributed by atoms with Crippen LogP contribution < -0.4 is 15.2 Å². The molecule has 0 N–H and O–H groups in total. The van der Waals surface area contributed by atoms with Crippen LogP contribution in [0, 0.1) is 11.6 Å². The van der Waals surface area contributed by atoms with E-state index in [4.69, 9.17) is 9.15 Å². The van der Waals surface area contributed by atoms with Gasteiger partial charge in [0.05, 0.1) is 24.1 Å². The number of benzene rings is 2. The Morgan fingerprint density at radius 3 is 2.40 bits per heavy atom. The van der Waals surface area contributed by atoms with Crippen LogP contribution in [-0.2, 0) is 4.74 Å². The SMILES string of the molecule is CC1CN(c2cc(=O)c3cc(C(=O)N(C)C)cc([C@H](C)N(C)c4cc(F)cc(F)c4)c3o2)CCO1. The van der Waals surface area contributed by atoms with Crippen molar-refractivity contribution in [2.24, 2.45) is 0 Å². The Kier molecular flexibility index (Phi) is 6.80. The van der Waals surface area contributed by atoms with Crippen LogP contribution in [-0.4, -0.2) is 57.8 Å². The number of carbonyl (C=O) groups excluding carboxylic acids is 1. The van der Waals surface area contributed by atoms with Gasteiger partial charge in [0.1, 0.15) is 17.2 Å². The van der Waals surface area contributed by atoms with Crippen LogP contribution in [0.3, 0.4) is 0 Å². The first-order valence-corrected chi connectivity index (χ1v) is 11.4. The minimum absolute atomic E-state index is 0.0164. The molecule has 0 bridgehead atoms. The van der Waals surface area contributed by atoms with E-state index in [2.05, 4.69) is 0 Å². The molecule has 2 aromatic carbocycles. The van der Waals surface area contributed by atoms with Crippen molar-refractivity contribution in [1.82, 2.24) is 4.90 Å². The number of carbonyl (C=O) groups is 1. The Morgan fingerprint density at radius 2 is 1.77 bits per heavy atom. The molecule has 1 unspecified atom stereocenters. The summed E-state index contributed by atoms with van der Waals surface area (Å²) in [7, 11) is 4.95. The summed E-state index contributed by atoms with van der Waals surface area (Å²) in [5.74, 6) is -1.26. The average Bonchev–Trinajstić information content (AvgIpc) is 2.81. The van der Waals surface area contributed by atoms with Crippen molar-refractivity contribution in [3.05, 3.63) is 69.4 Å². The summed E-state index contributed by atoms with van der Waals surface area (Å²) >= 11 is 0. The van der Waals surface area contributed by atoms with Crippen LogP contribution in [0.4, 0.5) is 20.4 Å². The van der Waals surface area contributed by atoms with Crippen molar-refractivity contribution in [2.75, 3.05) is 50.6 Å². The molecule has 0 saturated carbocycles. The molecule has 186 valence electrons. The first-order valence-electron chi connectivity index (χ1n) is 11.4. The summed E-state index contributed by atoms with van der Waals surface area (Å²) in [4.78, 5) is 31.1.